The van der Waals surface area contributed by atoms with E-state index in [9.17, 15) is 14.4 Å². The van der Waals surface area contributed by atoms with Crippen LogP contribution in [0.3, 0.4) is 0 Å². The van der Waals surface area contributed by atoms with Crippen molar-refractivity contribution in [2.24, 2.45) is 5.41 Å². The molecule has 0 bridgehead atoms. The van der Waals surface area contributed by atoms with Gasteiger partial charge >= 0.3 is 35.6 Å². The predicted molar refractivity (Wildman–Crippen MR) is 49.2 cm³/mol. The maximum absolute atomic E-state index is 11.5. The number of barbiturate groups is 1. The van der Waals surface area contributed by atoms with Gasteiger partial charge in [0.05, 0.1) is 0 Å². The van der Waals surface area contributed by atoms with E-state index in [0.29, 0.717) is 5.57 Å². The smallest absolute Gasteiger partial charge is 0.277 e. The Morgan fingerprint density at radius 2 is 1.60 bits per heavy atom. The Morgan fingerprint density at radius 1 is 1.20 bits per heavy atom. The predicted octanol–water partition coefficient (Wildman–Crippen LogP) is -2.67. The van der Waals surface area contributed by atoms with E-state index in [2.05, 4.69) is 10.6 Å². The Hall–Kier alpha value is -0.650. The molecule has 1 heterocycles. The summed E-state index contributed by atoms with van der Waals surface area (Å²) in [4.78, 5) is 33.8. The topological polar surface area (TPSA) is 75.3 Å². The Kier molecular flexibility index (Phi) is 4.70. The van der Waals surface area contributed by atoms with Crippen LogP contribution in [0.25, 0.3) is 0 Å². The summed E-state index contributed by atoms with van der Waals surface area (Å²) in [5, 5.41) is 4.13. The molecular formula is C9H12N2NaO3+. The number of urea groups is 1. The fourth-order valence-corrected chi connectivity index (χ4v) is 1.24. The molecule has 5 nitrogen and oxygen atoms in total. The fourth-order valence-electron chi connectivity index (χ4n) is 1.24. The fraction of sp³-hybridized carbons (Fsp3) is 0.444. The van der Waals surface area contributed by atoms with E-state index in [0.717, 1.165) is 0 Å². The summed E-state index contributed by atoms with van der Waals surface area (Å²) in [6, 6.07) is -0.763. The van der Waals surface area contributed by atoms with E-state index in [1.54, 1.807) is 19.9 Å². The number of carbonyl (C=O) groups excluding carboxylic acids is 3. The Balaban J connectivity index is 0.00000196. The molecule has 0 saturated carbocycles. The zero-order valence-electron chi connectivity index (χ0n) is 9.30. The second-order valence-corrected chi connectivity index (χ2v) is 3.33. The van der Waals surface area contributed by atoms with Crippen molar-refractivity contribution in [3.63, 3.8) is 0 Å². The third-order valence-electron chi connectivity index (χ3n) is 2.58. The molecule has 0 aromatic rings. The molecule has 0 aliphatic carbocycles. The molecule has 0 unspecified atom stereocenters. The summed E-state index contributed by atoms with van der Waals surface area (Å²) in [6.07, 6.45) is 1.68. The SMILES string of the molecule is C/C=C(\C)C1(C)C(=O)NC(=O)NC1=O.[Na+]. The van der Waals surface area contributed by atoms with Crippen LogP contribution in [0, 0.1) is 5.41 Å². The minimum atomic E-state index is -1.28. The normalized spacial score (nSPS) is 20.2. The van der Waals surface area contributed by atoms with E-state index in [1.807, 2.05) is 0 Å². The number of nitrogens with one attached hydrogen (secondary N) is 2. The van der Waals surface area contributed by atoms with Gasteiger partial charge in [0.1, 0.15) is 5.41 Å². The second-order valence-electron chi connectivity index (χ2n) is 3.33. The van der Waals surface area contributed by atoms with Crippen LogP contribution in [0.2, 0.25) is 0 Å². The molecule has 0 aromatic carbocycles. The number of rotatable bonds is 1. The molecule has 1 aliphatic rings. The van der Waals surface area contributed by atoms with Crippen LogP contribution >= 0.6 is 0 Å². The van der Waals surface area contributed by atoms with Crippen LogP contribution in [-0.4, -0.2) is 17.8 Å². The maximum atomic E-state index is 11.5. The third-order valence-corrected chi connectivity index (χ3v) is 2.58. The molecule has 1 aliphatic heterocycles. The monoisotopic (exact) mass is 219 g/mol. The van der Waals surface area contributed by atoms with Crippen molar-refractivity contribution in [1.82, 2.24) is 10.6 Å². The summed E-state index contributed by atoms with van der Waals surface area (Å²) in [5.74, 6) is -1.16. The van der Waals surface area contributed by atoms with Crippen LogP contribution in [0.5, 0.6) is 0 Å². The van der Waals surface area contributed by atoms with Crippen LogP contribution in [-0.2, 0) is 9.59 Å². The molecule has 0 spiro atoms. The molecule has 0 atom stereocenters. The largest absolute Gasteiger partial charge is 1.00 e. The van der Waals surface area contributed by atoms with Gasteiger partial charge in [-0.25, -0.2) is 4.79 Å². The van der Waals surface area contributed by atoms with Gasteiger partial charge in [0.25, 0.3) is 0 Å². The van der Waals surface area contributed by atoms with Gasteiger partial charge in [-0.3, -0.25) is 20.2 Å². The summed E-state index contributed by atoms with van der Waals surface area (Å²) in [6.45, 7) is 4.89. The van der Waals surface area contributed by atoms with Gasteiger partial charge < -0.3 is 0 Å². The molecule has 1 rings (SSSR count). The number of hydrogen-bond donors (Lipinski definition) is 2. The quantitative estimate of drug-likeness (QED) is 0.287. The van der Waals surface area contributed by atoms with E-state index in [-0.39, 0.29) is 29.6 Å². The van der Waals surface area contributed by atoms with Gasteiger partial charge in [0, 0.05) is 0 Å². The Bertz CT molecular complexity index is 329. The Morgan fingerprint density at radius 3 is 1.93 bits per heavy atom. The van der Waals surface area contributed by atoms with E-state index >= 15 is 0 Å². The molecular weight excluding hydrogens is 207 g/mol. The second kappa shape index (κ2) is 4.92. The first-order valence-corrected chi connectivity index (χ1v) is 4.23. The first-order chi connectivity index (χ1) is 6.42. The van der Waals surface area contributed by atoms with Crippen LogP contribution < -0.4 is 40.2 Å². The average Bonchev–Trinajstić information content (AvgIpc) is 2.12. The average molecular weight is 219 g/mol. The zero-order valence-corrected chi connectivity index (χ0v) is 11.3. The van der Waals surface area contributed by atoms with E-state index in [1.165, 1.54) is 6.92 Å². The number of hydrogen-bond acceptors (Lipinski definition) is 3. The van der Waals surface area contributed by atoms with Gasteiger partial charge in [-0.1, -0.05) is 11.6 Å². The van der Waals surface area contributed by atoms with Crippen molar-refractivity contribution >= 4 is 17.8 Å². The van der Waals surface area contributed by atoms with Crippen molar-refractivity contribution in [3.05, 3.63) is 11.6 Å². The molecule has 6 heteroatoms. The van der Waals surface area contributed by atoms with Crippen LogP contribution in [0.4, 0.5) is 4.79 Å². The maximum Gasteiger partial charge on any atom is 1.00 e. The first-order valence-electron chi connectivity index (χ1n) is 4.23. The van der Waals surface area contributed by atoms with Crippen molar-refractivity contribution in [1.29, 1.82) is 0 Å². The molecule has 1 saturated heterocycles. The summed E-state index contributed by atoms with van der Waals surface area (Å²) < 4.78 is 0. The van der Waals surface area contributed by atoms with Crippen molar-refractivity contribution < 1.29 is 43.9 Å². The van der Waals surface area contributed by atoms with Crippen molar-refractivity contribution in [2.75, 3.05) is 0 Å². The van der Waals surface area contributed by atoms with Gasteiger partial charge in [0.2, 0.25) is 11.8 Å². The Labute approximate surface area is 110 Å². The molecule has 0 aromatic heterocycles. The number of amides is 4. The molecule has 4 amide bonds. The number of carbonyl (C=O) groups is 3. The number of imide groups is 2. The van der Waals surface area contributed by atoms with Crippen LogP contribution in [0.1, 0.15) is 20.8 Å². The first kappa shape index (κ1) is 14.3. The van der Waals surface area contributed by atoms with Gasteiger partial charge in [-0.15, -0.1) is 0 Å². The molecule has 15 heavy (non-hydrogen) atoms. The molecule has 1 fully saturated rings. The minimum absolute atomic E-state index is 0. The summed E-state index contributed by atoms with van der Waals surface area (Å²) >= 11 is 0. The van der Waals surface area contributed by atoms with Gasteiger partial charge in [0.15, 0.2) is 0 Å². The van der Waals surface area contributed by atoms with E-state index in [4.69, 9.17) is 0 Å². The van der Waals surface area contributed by atoms with Crippen molar-refractivity contribution in [2.45, 2.75) is 20.8 Å². The summed E-state index contributed by atoms with van der Waals surface area (Å²) in [5.41, 5.74) is -0.664. The van der Waals surface area contributed by atoms with Crippen molar-refractivity contribution in [3.8, 4) is 0 Å². The standard InChI is InChI=1S/C9H12N2O3.Na/c1-4-5(2)9(3)6(12)10-8(14)11-7(9)13;/h4H,1-3H3,(H2,10,11,12,13,14);/q;+1/b5-4+;. The zero-order chi connectivity index (χ0) is 10.9. The molecule has 0 radical (unpaired) electrons. The van der Waals surface area contributed by atoms with Gasteiger partial charge in [-0.2, -0.15) is 0 Å². The minimum Gasteiger partial charge on any atom is -0.277 e. The van der Waals surface area contributed by atoms with Crippen LogP contribution in [0.15, 0.2) is 11.6 Å². The van der Waals surface area contributed by atoms with Gasteiger partial charge in [-0.05, 0) is 20.8 Å². The third kappa shape index (κ3) is 2.30. The summed E-state index contributed by atoms with van der Waals surface area (Å²) in [7, 11) is 0. The number of allylic oxidation sites excluding steroid dienone is 1. The molecule has 76 valence electrons. The molecule has 2 N–H and O–H groups in total. The van der Waals surface area contributed by atoms with E-state index < -0.39 is 23.3 Å².